The number of rotatable bonds is 5. The van der Waals surface area contributed by atoms with Crippen molar-refractivity contribution in [2.75, 3.05) is 51.3 Å². The summed E-state index contributed by atoms with van der Waals surface area (Å²) in [4.78, 5) is 27.0. The van der Waals surface area contributed by atoms with Crippen LogP contribution in [0.15, 0.2) is 10.5 Å². The molecule has 0 saturated carbocycles. The van der Waals surface area contributed by atoms with E-state index < -0.39 is 12.1 Å². The standard InChI is InChI=1S/C24H29BrN6O4/c1-29-8-2-4-16(29)14-35-23-27-19-12-18(25)17-5-3-11-34-21(17)20(19)22(28-23)30-9-10-31(24(32)33)15(13-30)6-7-26/h12,15-16H,2-6,8-11,13-14H2,1H3,(H,32,33)/t15-,16-/m0/s1. The van der Waals surface area contributed by atoms with Gasteiger partial charge in [-0.05, 0) is 45.3 Å². The number of halogens is 1. The topological polar surface area (TPSA) is 115 Å². The van der Waals surface area contributed by atoms with Crippen molar-refractivity contribution >= 4 is 38.7 Å². The zero-order chi connectivity index (χ0) is 24.5. The average molecular weight is 545 g/mol. The molecule has 0 aliphatic carbocycles. The van der Waals surface area contributed by atoms with E-state index in [2.05, 4.69) is 33.9 Å². The van der Waals surface area contributed by atoms with Gasteiger partial charge in [-0.3, -0.25) is 0 Å². The summed E-state index contributed by atoms with van der Waals surface area (Å²) in [7, 11) is 2.10. The molecule has 2 aromatic rings. The minimum Gasteiger partial charge on any atom is -0.492 e. The van der Waals surface area contributed by atoms with Gasteiger partial charge in [0.25, 0.3) is 0 Å². The van der Waals surface area contributed by atoms with Gasteiger partial charge in [-0.15, -0.1) is 0 Å². The highest BCUT2D eigenvalue weighted by molar-refractivity contribution is 9.10. The zero-order valence-electron chi connectivity index (χ0n) is 19.7. The highest BCUT2D eigenvalue weighted by Gasteiger charge is 2.33. The molecule has 5 rings (SSSR count). The maximum absolute atomic E-state index is 11.7. The van der Waals surface area contributed by atoms with Crippen LogP contribution >= 0.6 is 15.9 Å². The Bertz CT molecular complexity index is 1170. The van der Waals surface area contributed by atoms with Crippen LogP contribution in [0.2, 0.25) is 0 Å². The van der Waals surface area contributed by atoms with Gasteiger partial charge in [-0.2, -0.15) is 15.2 Å². The molecule has 4 heterocycles. The fourth-order valence-corrected chi connectivity index (χ4v) is 5.88. The summed E-state index contributed by atoms with van der Waals surface area (Å²) in [5.74, 6) is 1.44. The second-order valence-electron chi connectivity index (χ2n) is 9.37. The Morgan fingerprint density at radius 3 is 2.91 bits per heavy atom. The largest absolute Gasteiger partial charge is 0.492 e. The van der Waals surface area contributed by atoms with Gasteiger partial charge in [0.2, 0.25) is 0 Å². The lowest BCUT2D eigenvalue weighted by Crippen LogP contribution is -2.55. The number of nitrogens with zero attached hydrogens (tertiary/aromatic N) is 6. The number of ether oxygens (including phenoxy) is 2. The molecule has 1 aromatic heterocycles. The molecule has 11 heteroatoms. The number of hydrogen-bond donors (Lipinski definition) is 1. The van der Waals surface area contributed by atoms with E-state index in [0.717, 1.165) is 58.9 Å². The van der Waals surface area contributed by atoms with Gasteiger partial charge in [0.1, 0.15) is 18.2 Å². The molecule has 3 aliphatic rings. The summed E-state index contributed by atoms with van der Waals surface area (Å²) in [6.07, 6.45) is 3.16. The SMILES string of the molecule is CN1CCC[C@H]1COc1nc(N2CCN(C(=O)O)[C@@H](CC#N)C2)c2c3c(c(Br)cc2n1)CCCO3. The molecule has 2 atom stereocenters. The monoisotopic (exact) mass is 544 g/mol. The number of anilines is 1. The number of aromatic nitrogens is 2. The molecular weight excluding hydrogens is 516 g/mol. The number of likely N-dealkylation sites (N-methyl/N-ethyl adjacent to an activating group) is 1. The summed E-state index contributed by atoms with van der Waals surface area (Å²) in [6.45, 7) is 3.29. The molecule has 3 aliphatic heterocycles. The van der Waals surface area contributed by atoms with Crippen LogP contribution in [0.5, 0.6) is 11.8 Å². The van der Waals surface area contributed by atoms with Crippen molar-refractivity contribution in [3.63, 3.8) is 0 Å². The molecule has 186 valence electrons. The smallest absolute Gasteiger partial charge is 0.407 e. The van der Waals surface area contributed by atoms with Gasteiger partial charge in [-0.1, -0.05) is 15.9 Å². The Kier molecular flexibility index (Phi) is 6.84. The quantitative estimate of drug-likeness (QED) is 0.605. The molecule has 35 heavy (non-hydrogen) atoms. The third-order valence-corrected chi connectivity index (χ3v) is 7.91. The molecule has 1 aromatic carbocycles. The highest BCUT2D eigenvalue weighted by Crippen LogP contribution is 2.43. The number of nitriles is 1. The Labute approximate surface area is 212 Å². The maximum Gasteiger partial charge on any atom is 0.407 e. The van der Waals surface area contributed by atoms with Crippen molar-refractivity contribution in [3.05, 3.63) is 16.1 Å². The first-order valence-electron chi connectivity index (χ1n) is 12.1. The van der Waals surface area contributed by atoms with Gasteiger partial charge in [0.15, 0.2) is 0 Å². The lowest BCUT2D eigenvalue weighted by molar-refractivity contribution is 0.119. The van der Waals surface area contributed by atoms with Crippen molar-refractivity contribution < 1.29 is 19.4 Å². The molecule has 1 N–H and O–H groups in total. The van der Waals surface area contributed by atoms with Crippen LogP contribution < -0.4 is 14.4 Å². The summed E-state index contributed by atoms with van der Waals surface area (Å²) < 4.78 is 13.2. The first-order chi connectivity index (χ1) is 17.0. The van der Waals surface area contributed by atoms with E-state index in [1.165, 1.54) is 4.90 Å². The zero-order valence-corrected chi connectivity index (χ0v) is 21.3. The molecule has 10 nitrogen and oxygen atoms in total. The number of fused-ring (bicyclic) bond motifs is 3. The van der Waals surface area contributed by atoms with Crippen LogP contribution in [0.25, 0.3) is 10.9 Å². The van der Waals surface area contributed by atoms with Crippen molar-refractivity contribution in [2.45, 2.75) is 44.2 Å². The Balaban J connectivity index is 1.55. The van der Waals surface area contributed by atoms with E-state index in [-0.39, 0.29) is 13.0 Å². The van der Waals surface area contributed by atoms with Crippen LogP contribution in [0.4, 0.5) is 10.6 Å². The van der Waals surface area contributed by atoms with Gasteiger partial charge in [-0.25, -0.2) is 4.79 Å². The van der Waals surface area contributed by atoms with Crippen LogP contribution in [0, 0.1) is 11.3 Å². The second-order valence-corrected chi connectivity index (χ2v) is 10.2. The number of likely N-dealkylation sites (tertiary alicyclic amines) is 1. The summed E-state index contributed by atoms with van der Waals surface area (Å²) >= 11 is 3.69. The molecule has 1 amide bonds. The third-order valence-electron chi connectivity index (χ3n) is 7.20. The number of piperazine rings is 1. The number of carbonyl (C=O) groups is 1. The molecule has 0 radical (unpaired) electrons. The fraction of sp³-hybridized carbons (Fsp3) is 0.583. The number of hydrogen-bond acceptors (Lipinski definition) is 8. The van der Waals surface area contributed by atoms with Crippen molar-refractivity contribution in [3.8, 4) is 17.8 Å². The van der Waals surface area contributed by atoms with E-state index in [4.69, 9.17) is 19.4 Å². The van der Waals surface area contributed by atoms with Crippen LogP contribution in [0.1, 0.15) is 31.2 Å². The normalized spacial score (nSPS) is 22.5. The molecule has 2 saturated heterocycles. The van der Waals surface area contributed by atoms with Crippen molar-refractivity contribution in [1.82, 2.24) is 19.8 Å². The van der Waals surface area contributed by atoms with Gasteiger partial charge < -0.3 is 29.3 Å². The average Bonchev–Trinajstić information content (AvgIpc) is 3.27. The molecule has 0 spiro atoms. The first-order valence-corrected chi connectivity index (χ1v) is 12.9. The third kappa shape index (κ3) is 4.69. The van der Waals surface area contributed by atoms with E-state index in [1.54, 1.807) is 0 Å². The molecular formula is C24H29BrN6O4. The molecule has 0 bridgehead atoms. The van der Waals surface area contributed by atoms with Crippen molar-refractivity contribution in [2.24, 2.45) is 0 Å². The lowest BCUT2D eigenvalue weighted by atomic mass is 10.0. The summed E-state index contributed by atoms with van der Waals surface area (Å²) in [6, 6.07) is 4.30. The number of benzene rings is 1. The second kappa shape index (κ2) is 10.0. The molecule has 0 unspecified atom stereocenters. The minimum atomic E-state index is -1.01. The van der Waals surface area contributed by atoms with Crippen LogP contribution in [0.3, 0.4) is 0 Å². The predicted octanol–water partition coefficient (Wildman–Crippen LogP) is 3.27. The Morgan fingerprint density at radius 1 is 1.31 bits per heavy atom. The maximum atomic E-state index is 11.7. The van der Waals surface area contributed by atoms with E-state index in [1.807, 2.05) is 11.0 Å². The van der Waals surface area contributed by atoms with Crippen LogP contribution in [-0.2, 0) is 6.42 Å². The fourth-order valence-electron chi connectivity index (χ4n) is 5.28. The van der Waals surface area contributed by atoms with E-state index in [9.17, 15) is 15.2 Å². The predicted molar refractivity (Wildman–Crippen MR) is 133 cm³/mol. The Morgan fingerprint density at radius 2 is 2.17 bits per heavy atom. The number of carboxylic acid groups (broad SMARTS) is 1. The minimum absolute atomic E-state index is 0.114. The molecule has 2 fully saturated rings. The van der Waals surface area contributed by atoms with Crippen LogP contribution in [-0.4, -0.2) is 89.5 Å². The Hall–Kier alpha value is -2.84. The highest BCUT2D eigenvalue weighted by atomic mass is 79.9. The van der Waals surface area contributed by atoms with E-state index in [0.29, 0.717) is 44.2 Å². The lowest BCUT2D eigenvalue weighted by Gasteiger charge is -2.40. The van der Waals surface area contributed by atoms with Gasteiger partial charge in [0.05, 0.1) is 36.0 Å². The van der Waals surface area contributed by atoms with Crippen molar-refractivity contribution in [1.29, 1.82) is 5.26 Å². The summed E-state index contributed by atoms with van der Waals surface area (Å²) in [5.41, 5.74) is 1.81. The first kappa shape index (κ1) is 23.9. The van der Waals surface area contributed by atoms with Gasteiger partial charge >= 0.3 is 12.1 Å². The number of amides is 1. The van der Waals surface area contributed by atoms with Gasteiger partial charge in [0, 0.05) is 35.7 Å². The van der Waals surface area contributed by atoms with E-state index >= 15 is 0 Å². The summed E-state index contributed by atoms with van der Waals surface area (Å²) in [5, 5.41) is 19.7.